The van der Waals surface area contributed by atoms with E-state index in [-0.39, 0.29) is 5.54 Å². The summed E-state index contributed by atoms with van der Waals surface area (Å²) in [7, 11) is 0. The summed E-state index contributed by atoms with van der Waals surface area (Å²) in [5.41, 5.74) is 3.64. The van der Waals surface area contributed by atoms with E-state index in [4.69, 9.17) is 4.98 Å². The maximum Gasteiger partial charge on any atom is 0.0578 e. The quantitative estimate of drug-likeness (QED) is 0.867. The molecule has 0 radical (unpaired) electrons. The Morgan fingerprint density at radius 1 is 1.27 bits per heavy atom. The second-order valence-electron chi connectivity index (χ2n) is 7.30. The Balaban J connectivity index is 1.75. The Labute approximate surface area is 133 Å². The predicted molar refractivity (Wildman–Crippen MR) is 88.6 cm³/mol. The fourth-order valence-corrected chi connectivity index (χ4v) is 3.14. The van der Waals surface area contributed by atoms with Crippen LogP contribution in [0, 0.1) is 6.92 Å². The number of likely N-dealkylation sites (tertiary alicyclic amines) is 1. The first-order valence-electron chi connectivity index (χ1n) is 8.15. The second-order valence-corrected chi connectivity index (χ2v) is 7.30. The van der Waals surface area contributed by atoms with Crippen LogP contribution in [0.15, 0.2) is 30.6 Å². The Bertz CT molecular complexity index is 639. The van der Waals surface area contributed by atoms with Gasteiger partial charge in [-0.15, -0.1) is 0 Å². The van der Waals surface area contributed by atoms with E-state index >= 15 is 0 Å². The van der Waals surface area contributed by atoms with Crippen molar-refractivity contribution in [1.29, 1.82) is 0 Å². The van der Waals surface area contributed by atoms with Crippen LogP contribution >= 0.6 is 0 Å². The van der Waals surface area contributed by atoms with Crippen molar-refractivity contribution < 1.29 is 0 Å². The predicted octanol–water partition coefficient (Wildman–Crippen LogP) is 3.68. The number of hydrogen-bond acceptors (Lipinski definition) is 3. The van der Waals surface area contributed by atoms with Gasteiger partial charge in [-0.25, -0.2) is 0 Å². The molecule has 1 aliphatic heterocycles. The molecule has 3 heterocycles. The third kappa shape index (κ3) is 3.22. The highest BCUT2D eigenvalue weighted by Gasteiger charge is 2.27. The minimum Gasteiger partial charge on any atom is -0.290 e. The average Bonchev–Trinajstić information content (AvgIpc) is 3.08. The van der Waals surface area contributed by atoms with Crippen LogP contribution in [0.3, 0.4) is 0 Å². The molecule has 2 aromatic rings. The Morgan fingerprint density at radius 2 is 2.09 bits per heavy atom. The molecule has 0 bridgehead atoms. The minimum absolute atomic E-state index is 0.0424. The normalized spacial score (nSPS) is 19.7. The first-order chi connectivity index (χ1) is 10.4. The van der Waals surface area contributed by atoms with Crippen molar-refractivity contribution in [2.75, 3.05) is 6.54 Å². The standard InChI is InChI=1S/C18H26N4/c1-14-7-5-8-16(20-14)17-9-6-10-21(17)12-15-11-19-22(13-15)18(2,3)4/h5,7-8,11,13,17H,6,9-10,12H2,1-4H3. The zero-order valence-electron chi connectivity index (χ0n) is 14.1. The zero-order valence-corrected chi connectivity index (χ0v) is 14.1. The molecule has 1 fully saturated rings. The van der Waals surface area contributed by atoms with Gasteiger partial charge in [0.15, 0.2) is 0 Å². The molecular weight excluding hydrogens is 272 g/mol. The molecule has 4 nitrogen and oxygen atoms in total. The summed E-state index contributed by atoms with van der Waals surface area (Å²) in [5, 5.41) is 4.52. The smallest absolute Gasteiger partial charge is 0.0578 e. The SMILES string of the molecule is Cc1cccc(C2CCCN2Cc2cnn(C(C)(C)C)c2)n1. The van der Waals surface area contributed by atoms with Crippen molar-refractivity contribution in [3.63, 3.8) is 0 Å². The lowest BCUT2D eigenvalue weighted by molar-refractivity contribution is 0.244. The highest BCUT2D eigenvalue weighted by molar-refractivity contribution is 5.16. The molecule has 2 aromatic heterocycles. The summed E-state index contributed by atoms with van der Waals surface area (Å²) in [6, 6.07) is 6.79. The first-order valence-corrected chi connectivity index (χ1v) is 8.15. The van der Waals surface area contributed by atoms with E-state index in [1.807, 2.05) is 6.20 Å². The maximum atomic E-state index is 4.73. The molecule has 0 saturated carbocycles. The van der Waals surface area contributed by atoms with Gasteiger partial charge in [-0.05, 0) is 59.2 Å². The molecule has 0 aromatic carbocycles. The maximum absolute atomic E-state index is 4.73. The van der Waals surface area contributed by atoms with Gasteiger partial charge in [-0.2, -0.15) is 5.10 Å². The Hall–Kier alpha value is -1.68. The van der Waals surface area contributed by atoms with Crippen molar-refractivity contribution in [2.45, 2.75) is 58.7 Å². The highest BCUT2D eigenvalue weighted by atomic mass is 15.3. The van der Waals surface area contributed by atoms with Crippen molar-refractivity contribution in [3.05, 3.63) is 47.5 Å². The zero-order chi connectivity index (χ0) is 15.7. The Morgan fingerprint density at radius 3 is 2.77 bits per heavy atom. The van der Waals surface area contributed by atoms with Gasteiger partial charge in [0.05, 0.1) is 23.5 Å². The lowest BCUT2D eigenvalue weighted by atomic mass is 10.1. The van der Waals surface area contributed by atoms with Crippen LogP contribution in [0.25, 0.3) is 0 Å². The van der Waals surface area contributed by atoms with Gasteiger partial charge in [0.2, 0.25) is 0 Å². The molecule has 0 spiro atoms. The van der Waals surface area contributed by atoms with Crippen molar-refractivity contribution in [2.24, 2.45) is 0 Å². The molecule has 1 aliphatic rings. The number of pyridine rings is 1. The number of nitrogens with zero attached hydrogens (tertiary/aromatic N) is 4. The summed E-state index contributed by atoms with van der Waals surface area (Å²) in [5.74, 6) is 0. The first kappa shape index (κ1) is 15.2. The molecule has 22 heavy (non-hydrogen) atoms. The van der Waals surface area contributed by atoms with E-state index in [2.05, 4.69) is 66.8 Å². The lowest BCUT2D eigenvalue weighted by Gasteiger charge is -2.24. The number of aromatic nitrogens is 3. The molecule has 3 rings (SSSR count). The molecule has 1 atom stereocenters. The van der Waals surface area contributed by atoms with Gasteiger partial charge in [-0.3, -0.25) is 14.6 Å². The Kier molecular flexibility index (Phi) is 4.04. The molecule has 1 saturated heterocycles. The van der Waals surface area contributed by atoms with E-state index in [9.17, 15) is 0 Å². The summed E-state index contributed by atoms with van der Waals surface area (Å²) < 4.78 is 2.05. The molecule has 1 unspecified atom stereocenters. The van der Waals surface area contributed by atoms with Crippen LogP contribution in [0.2, 0.25) is 0 Å². The van der Waals surface area contributed by atoms with E-state index in [1.54, 1.807) is 0 Å². The number of aryl methyl sites for hydroxylation is 1. The average molecular weight is 298 g/mol. The third-order valence-electron chi connectivity index (χ3n) is 4.32. The summed E-state index contributed by atoms with van der Waals surface area (Å²) in [4.78, 5) is 7.26. The van der Waals surface area contributed by atoms with Crippen LogP contribution in [-0.4, -0.2) is 26.2 Å². The fourth-order valence-electron chi connectivity index (χ4n) is 3.14. The molecule has 118 valence electrons. The van der Waals surface area contributed by atoms with Crippen molar-refractivity contribution in [3.8, 4) is 0 Å². The van der Waals surface area contributed by atoms with E-state index in [0.29, 0.717) is 6.04 Å². The van der Waals surface area contributed by atoms with Gasteiger partial charge < -0.3 is 0 Å². The summed E-state index contributed by atoms with van der Waals surface area (Å²) in [6.45, 7) is 10.7. The number of hydrogen-bond donors (Lipinski definition) is 0. The topological polar surface area (TPSA) is 34.0 Å². The van der Waals surface area contributed by atoms with Crippen LogP contribution in [-0.2, 0) is 12.1 Å². The molecule has 4 heteroatoms. The second kappa shape index (κ2) is 5.84. The van der Waals surface area contributed by atoms with Crippen molar-refractivity contribution in [1.82, 2.24) is 19.7 Å². The van der Waals surface area contributed by atoms with Gasteiger partial charge in [0.1, 0.15) is 0 Å². The lowest BCUT2D eigenvalue weighted by Crippen LogP contribution is -2.24. The largest absolute Gasteiger partial charge is 0.290 e. The summed E-state index contributed by atoms with van der Waals surface area (Å²) >= 11 is 0. The minimum atomic E-state index is 0.0424. The third-order valence-corrected chi connectivity index (χ3v) is 4.32. The van der Waals surface area contributed by atoms with Gasteiger partial charge in [-0.1, -0.05) is 6.07 Å². The monoisotopic (exact) mass is 298 g/mol. The van der Waals surface area contributed by atoms with Crippen LogP contribution in [0.1, 0.15) is 56.6 Å². The molecule has 0 amide bonds. The number of rotatable bonds is 3. The highest BCUT2D eigenvalue weighted by Crippen LogP contribution is 2.32. The molecule has 0 N–H and O–H groups in total. The van der Waals surface area contributed by atoms with E-state index in [1.165, 1.54) is 24.1 Å². The van der Waals surface area contributed by atoms with E-state index in [0.717, 1.165) is 18.8 Å². The van der Waals surface area contributed by atoms with Crippen LogP contribution in [0.5, 0.6) is 0 Å². The van der Waals surface area contributed by atoms with Crippen LogP contribution in [0.4, 0.5) is 0 Å². The van der Waals surface area contributed by atoms with Gasteiger partial charge in [0.25, 0.3) is 0 Å². The van der Waals surface area contributed by atoms with Gasteiger partial charge in [0, 0.05) is 24.0 Å². The van der Waals surface area contributed by atoms with E-state index < -0.39 is 0 Å². The summed E-state index contributed by atoms with van der Waals surface area (Å²) in [6.07, 6.45) is 6.63. The molecular formula is C18H26N4. The fraction of sp³-hybridized carbons (Fsp3) is 0.556. The molecule has 0 aliphatic carbocycles. The van der Waals surface area contributed by atoms with Gasteiger partial charge >= 0.3 is 0 Å². The van der Waals surface area contributed by atoms with Crippen molar-refractivity contribution >= 4 is 0 Å². The van der Waals surface area contributed by atoms with Crippen LogP contribution < -0.4 is 0 Å².